The molecule has 1 aliphatic carbocycles. The lowest BCUT2D eigenvalue weighted by Crippen LogP contribution is -2.43. The van der Waals surface area contributed by atoms with Gasteiger partial charge < -0.3 is 37.0 Å². The van der Waals surface area contributed by atoms with Gasteiger partial charge in [-0.25, -0.2) is 4.98 Å². The van der Waals surface area contributed by atoms with Crippen molar-refractivity contribution in [3.63, 3.8) is 0 Å². The van der Waals surface area contributed by atoms with E-state index in [9.17, 15) is 9.59 Å². The Morgan fingerprint density at radius 3 is 2.60 bits per heavy atom. The van der Waals surface area contributed by atoms with E-state index in [4.69, 9.17) is 20.8 Å². The van der Waals surface area contributed by atoms with Gasteiger partial charge in [0.2, 0.25) is 11.9 Å². The molecule has 2 fully saturated rings. The highest BCUT2D eigenvalue weighted by Crippen LogP contribution is 2.26. The van der Waals surface area contributed by atoms with Gasteiger partial charge in [-0.15, -0.1) is 5.10 Å². The Hall–Kier alpha value is -3.88. The molecule has 14 heteroatoms. The van der Waals surface area contributed by atoms with Gasteiger partial charge in [0.25, 0.3) is 0 Å². The van der Waals surface area contributed by atoms with Crippen molar-refractivity contribution in [1.29, 1.82) is 0 Å². The topological polar surface area (TPSA) is 188 Å². The number of aliphatic carboxylic acids is 1. The summed E-state index contributed by atoms with van der Waals surface area (Å²) < 4.78 is 1.89. The van der Waals surface area contributed by atoms with Gasteiger partial charge in [0, 0.05) is 43.5 Å². The molecule has 7 N–H and O–H groups in total. The molecule has 1 amide bonds. The number of likely N-dealkylation sites (tertiary alicyclic amines) is 1. The third-order valence-corrected chi connectivity index (χ3v) is 9.35. The van der Waals surface area contributed by atoms with Crippen molar-refractivity contribution in [1.82, 2.24) is 40.5 Å². The van der Waals surface area contributed by atoms with Crippen LogP contribution in [-0.2, 0) is 22.7 Å². The van der Waals surface area contributed by atoms with Crippen LogP contribution in [0.4, 0.5) is 11.8 Å². The van der Waals surface area contributed by atoms with E-state index in [-0.39, 0.29) is 24.8 Å². The first kappa shape index (κ1) is 35.4. The van der Waals surface area contributed by atoms with Gasteiger partial charge in [0.1, 0.15) is 17.6 Å². The number of anilines is 2. The SMILES string of the molecule is Cc1ccc2c(NC3CCN(C(=O)CCC(N)C(=O)O)CC3)nc(NCc3cn(CCCNCCCNC4CCCCC4)nn3)nc2c1. The number of hydrogen-bond donors (Lipinski definition) is 6. The van der Waals surface area contributed by atoms with Crippen molar-refractivity contribution in [2.24, 2.45) is 5.73 Å². The van der Waals surface area contributed by atoms with Crippen LogP contribution in [0.1, 0.15) is 81.9 Å². The summed E-state index contributed by atoms with van der Waals surface area (Å²) in [5, 5.41) is 32.8. The van der Waals surface area contributed by atoms with Crippen molar-refractivity contribution in [3.05, 3.63) is 35.7 Å². The van der Waals surface area contributed by atoms with Gasteiger partial charge in [-0.2, -0.15) is 4.98 Å². The first-order chi connectivity index (χ1) is 23.3. The lowest BCUT2D eigenvalue weighted by atomic mass is 9.95. The van der Waals surface area contributed by atoms with Crippen LogP contribution in [0.25, 0.3) is 10.9 Å². The van der Waals surface area contributed by atoms with Crippen molar-refractivity contribution in [3.8, 4) is 0 Å². The third-order valence-electron chi connectivity index (χ3n) is 9.35. The van der Waals surface area contributed by atoms with Crippen molar-refractivity contribution >= 4 is 34.5 Å². The Balaban J connectivity index is 1.06. The molecule has 2 aliphatic rings. The number of nitrogens with zero attached hydrogens (tertiary/aromatic N) is 6. The highest BCUT2D eigenvalue weighted by atomic mass is 16.4. The van der Waals surface area contributed by atoms with E-state index in [0.29, 0.717) is 25.6 Å². The molecule has 262 valence electrons. The number of rotatable bonds is 18. The summed E-state index contributed by atoms with van der Waals surface area (Å²) >= 11 is 0. The molecule has 1 saturated carbocycles. The Bertz CT molecular complexity index is 1470. The summed E-state index contributed by atoms with van der Waals surface area (Å²) in [5.74, 6) is 0.122. The number of carboxylic acid groups (broad SMARTS) is 1. The number of fused-ring (bicyclic) bond motifs is 1. The highest BCUT2D eigenvalue weighted by molar-refractivity contribution is 5.90. The van der Waals surface area contributed by atoms with Crippen molar-refractivity contribution < 1.29 is 14.7 Å². The standard InChI is InChI=1S/C34H53N11O3/c1-24-9-10-28-30(21-24)40-34(41-32(28)39-26-13-19-44(20-14-26)31(46)12-11-29(35)33(47)48)38-22-27-23-45(43-42-27)18-6-16-36-15-5-17-37-25-7-3-2-4-8-25/h9-10,21,23,25-26,29,36-37H,2-8,11-20,22,35H2,1H3,(H,47,48)(H2,38,39,40,41). The summed E-state index contributed by atoms with van der Waals surface area (Å²) in [6, 6.07) is 5.99. The lowest BCUT2D eigenvalue weighted by molar-refractivity contribution is -0.139. The number of aryl methyl sites for hydroxylation is 2. The maximum absolute atomic E-state index is 12.6. The molecule has 48 heavy (non-hydrogen) atoms. The molecular formula is C34H53N11O3. The molecule has 1 unspecified atom stereocenters. The van der Waals surface area contributed by atoms with Crippen LogP contribution in [0.15, 0.2) is 24.4 Å². The Labute approximate surface area is 283 Å². The number of piperidine rings is 1. The molecule has 0 radical (unpaired) electrons. The largest absolute Gasteiger partial charge is 0.480 e. The van der Waals surface area contributed by atoms with E-state index in [1.165, 1.54) is 32.1 Å². The highest BCUT2D eigenvalue weighted by Gasteiger charge is 2.25. The zero-order valence-electron chi connectivity index (χ0n) is 28.3. The normalized spacial score (nSPS) is 16.7. The van der Waals surface area contributed by atoms with Gasteiger partial charge in [-0.05, 0) is 89.2 Å². The number of carbonyl (C=O) groups is 2. The van der Waals surface area contributed by atoms with Crippen molar-refractivity contribution in [2.75, 3.05) is 43.4 Å². The van der Waals surface area contributed by atoms with Crippen LogP contribution in [0, 0.1) is 6.92 Å². The van der Waals surface area contributed by atoms with Gasteiger partial charge in [0.05, 0.1) is 18.3 Å². The Morgan fingerprint density at radius 1 is 1.02 bits per heavy atom. The summed E-state index contributed by atoms with van der Waals surface area (Å²) in [4.78, 5) is 35.0. The van der Waals surface area contributed by atoms with Gasteiger partial charge >= 0.3 is 5.97 Å². The van der Waals surface area contributed by atoms with Crippen LogP contribution in [-0.4, -0.2) is 97.7 Å². The van der Waals surface area contributed by atoms with E-state index in [2.05, 4.69) is 37.6 Å². The van der Waals surface area contributed by atoms with E-state index < -0.39 is 12.0 Å². The van der Waals surface area contributed by atoms with Gasteiger partial charge in [-0.1, -0.05) is 30.5 Å². The fraction of sp³-hybridized carbons (Fsp3) is 0.647. The smallest absolute Gasteiger partial charge is 0.320 e. The number of nitrogens with one attached hydrogen (secondary N) is 4. The second kappa shape index (κ2) is 18.0. The molecule has 3 heterocycles. The molecule has 1 aromatic carbocycles. The number of hydrogen-bond acceptors (Lipinski definition) is 11. The maximum Gasteiger partial charge on any atom is 0.320 e. The molecule has 14 nitrogen and oxygen atoms in total. The number of amides is 1. The number of aromatic nitrogens is 5. The predicted octanol–water partition coefficient (Wildman–Crippen LogP) is 3.03. The summed E-state index contributed by atoms with van der Waals surface area (Å²) in [6.07, 6.45) is 12.7. The number of carboxylic acids is 1. The van der Waals surface area contributed by atoms with E-state index in [1.807, 2.05) is 29.9 Å². The fourth-order valence-corrected chi connectivity index (χ4v) is 6.47. The van der Waals surface area contributed by atoms with Crippen LogP contribution in [0.3, 0.4) is 0 Å². The van der Waals surface area contributed by atoms with Crippen LogP contribution in [0.2, 0.25) is 0 Å². The predicted molar refractivity (Wildman–Crippen MR) is 187 cm³/mol. The van der Waals surface area contributed by atoms with E-state index in [1.54, 1.807) is 4.90 Å². The fourth-order valence-electron chi connectivity index (χ4n) is 6.47. The first-order valence-electron chi connectivity index (χ1n) is 17.7. The molecule has 1 atom stereocenters. The zero-order valence-corrected chi connectivity index (χ0v) is 28.3. The second-order valence-electron chi connectivity index (χ2n) is 13.3. The van der Waals surface area contributed by atoms with Crippen molar-refractivity contribution in [2.45, 2.75) is 109 Å². The quantitative estimate of drug-likeness (QED) is 0.109. The molecule has 0 spiro atoms. The summed E-state index contributed by atoms with van der Waals surface area (Å²) in [7, 11) is 0. The average Bonchev–Trinajstić information content (AvgIpc) is 3.55. The van der Waals surface area contributed by atoms with Crippen LogP contribution < -0.4 is 27.0 Å². The molecule has 0 bridgehead atoms. The van der Waals surface area contributed by atoms with E-state index in [0.717, 1.165) is 85.9 Å². The average molecular weight is 664 g/mol. The minimum atomic E-state index is -1.08. The second-order valence-corrected chi connectivity index (χ2v) is 13.3. The molecule has 3 aromatic rings. The Kier molecular flexibility index (Phi) is 13.3. The maximum atomic E-state index is 12.6. The molecule has 5 rings (SSSR count). The van der Waals surface area contributed by atoms with Crippen LogP contribution >= 0.6 is 0 Å². The third kappa shape index (κ3) is 10.8. The number of benzene rings is 1. The van der Waals surface area contributed by atoms with Gasteiger partial charge in [0.15, 0.2) is 0 Å². The molecule has 1 saturated heterocycles. The van der Waals surface area contributed by atoms with Crippen LogP contribution in [0.5, 0.6) is 0 Å². The van der Waals surface area contributed by atoms with Gasteiger partial charge in [-0.3, -0.25) is 14.3 Å². The number of carbonyl (C=O) groups excluding carboxylic acids is 1. The monoisotopic (exact) mass is 663 g/mol. The van der Waals surface area contributed by atoms with E-state index >= 15 is 0 Å². The first-order valence-corrected chi connectivity index (χ1v) is 17.7. The molecule has 1 aliphatic heterocycles. The molecular weight excluding hydrogens is 610 g/mol. The zero-order chi connectivity index (χ0) is 33.7. The number of nitrogens with two attached hydrogens (primary N) is 1. The Morgan fingerprint density at radius 2 is 1.81 bits per heavy atom. The minimum absolute atomic E-state index is 0.0544. The summed E-state index contributed by atoms with van der Waals surface area (Å²) in [6.45, 7) is 7.56. The lowest BCUT2D eigenvalue weighted by Gasteiger charge is -2.33. The molecule has 2 aromatic heterocycles. The summed E-state index contributed by atoms with van der Waals surface area (Å²) in [5.41, 5.74) is 8.35. The minimum Gasteiger partial charge on any atom is -0.480 e.